The van der Waals surface area contributed by atoms with E-state index in [0.717, 1.165) is 51.4 Å². The molecule has 0 aliphatic carbocycles. The van der Waals surface area contributed by atoms with Gasteiger partial charge in [-0.1, -0.05) is 199 Å². The van der Waals surface area contributed by atoms with E-state index >= 15 is 0 Å². The van der Waals surface area contributed by atoms with Gasteiger partial charge in [0.15, 0.2) is 0 Å². The monoisotopic (exact) mass is 828 g/mol. The number of phosphoric ester groups is 1. The number of likely N-dealkylation sites (N-methyl/N-ethyl adjacent to an activating group) is 1. The van der Waals surface area contributed by atoms with Gasteiger partial charge in [0.2, 0.25) is 5.91 Å². The zero-order valence-corrected chi connectivity index (χ0v) is 39.2. The fraction of sp³-hybridized carbons (Fsp3) is 0.896. The number of nitrogens with zero attached hydrogens (tertiary/aromatic N) is 1. The Balaban J connectivity index is 4.31. The van der Waals surface area contributed by atoms with Gasteiger partial charge >= 0.3 is 7.82 Å². The standard InChI is InChI=1S/C48H95N2O6P/c1-6-8-10-12-14-16-18-20-22-24-26-27-29-31-33-35-37-39-41-47(51)46(45-56-57(53,54)55-44-43-50(3,4)5)49-48(52)42-40-38-36-34-32-30-28-25-23-21-19-17-15-13-11-9-7-2/h15,17,21,23,46-47,51H,6-14,16,18-20,22,24-45H2,1-5H3,(H-,49,52,53,54)/p+1/b17-15-,23-21-. The number of nitrogens with one attached hydrogen (secondary N) is 1. The van der Waals surface area contributed by atoms with Gasteiger partial charge in [-0.25, -0.2) is 4.57 Å². The second-order valence-electron chi connectivity index (χ2n) is 17.8. The van der Waals surface area contributed by atoms with Gasteiger partial charge in [0.25, 0.3) is 0 Å². The van der Waals surface area contributed by atoms with Gasteiger partial charge < -0.3 is 19.8 Å². The van der Waals surface area contributed by atoms with E-state index < -0.39 is 20.0 Å². The van der Waals surface area contributed by atoms with Gasteiger partial charge in [-0.05, 0) is 44.9 Å². The van der Waals surface area contributed by atoms with Crippen molar-refractivity contribution < 1.29 is 32.9 Å². The number of allylic oxidation sites excluding steroid dienone is 4. The normalized spacial score (nSPS) is 14.4. The number of amides is 1. The van der Waals surface area contributed by atoms with E-state index in [1.807, 2.05) is 21.1 Å². The predicted molar refractivity (Wildman–Crippen MR) is 245 cm³/mol. The van der Waals surface area contributed by atoms with Crippen LogP contribution in [0.25, 0.3) is 0 Å². The summed E-state index contributed by atoms with van der Waals surface area (Å²) < 4.78 is 23.7. The second kappa shape index (κ2) is 40.4. The highest BCUT2D eigenvalue weighted by Crippen LogP contribution is 2.43. The smallest absolute Gasteiger partial charge is 0.391 e. The zero-order valence-electron chi connectivity index (χ0n) is 38.3. The van der Waals surface area contributed by atoms with E-state index in [4.69, 9.17) is 9.05 Å². The van der Waals surface area contributed by atoms with Crippen molar-refractivity contribution in [3.8, 4) is 0 Å². The van der Waals surface area contributed by atoms with Crippen LogP contribution in [0.5, 0.6) is 0 Å². The number of carbonyl (C=O) groups excluding carboxylic acids is 1. The number of rotatable bonds is 44. The highest BCUT2D eigenvalue weighted by Gasteiger charge is 2.28. The molecule has 0 aromatic rings. The van der Waals surface area contributed by atoms with Crippen molar-refractivity contribution in [2.24, 2.45) is 0 Å². The lowest BCUT2D eigenvalue weighted by atomic mass is 10.0. The van der Waals surface area contributed by atoms with Crippen LogP contribution >= 0.6 is 7.82 Å². The molecule has 0 bridgehead atoms. The van der Waals surface area contributed by atoms with Gasteiger partial charge in [-0.2, -0.15) is 0 Å². The molecule has 3 atom stereocenters. The first-order valence-corrected chi connectivity index (χ1v) is 25.7. The molecule has 0 aliphatic rings. The van der Waals surface area contributed by atoms with E-state index in [2.05, 4.69) is 43.5 Å². The molecule has 1 amide bonds. The Kier molecular flexibility index (Phi) is 39.7. The van der Waals surface area contributed by atoms with Gasteiger partial charge in [-0.3, -0.25) is 13.8 Å². The molecule has 0 saturated heterocycles. The summed E-state index contributed by atoms with van der Waals surface area (Å²) in [5.41, 5.74) is 0. The van der Waals surface area contributed by atoms with Crippen LogP contribution in [-0.2, 0) is 18.4 Å². The number of aliphatic hydroxyl groups is 1. The molecule has 0 rings (SSSR count). The average Bonchev–Trinajstić information content (AvgIpc) is 3.16. The lowest BCUT2D eigenvalue weighted by Crippen LogP contribution is -2.46. The number of quaternary nitrogens is 1. The molecule has 9 heteroatoms. The summed E-state index contributed by atoms with van der Waals surface area (Å²) >= 11 is 0. The summed E-state index contributed by atoms with van der Waals surface area (Å²) in [7, 11) is 1.61. The number of phosphoric acid groups is 1. The van der Waals surface area contributed by atoms with Crippen molar-refractivity contribution in [3.05, 3.63) is 24.3 Å². The Labute approximate surface area is 354 Å². The van der Waals surface area contributed by atoms with Crippen molar-refractivity contribution in [1.29, 1.82) is 0 Å². The highest BCUT2D eigenvalue weighted by molar-refractivity contribution is 7.47. The number of unbranched alkanes of at least 4 members (excludes halogenated alkanes) is 27. The van der Waals surface area contributed by atoms with Gasteiger partial charge in [0, 0.05) is 6.42 Å². The molecule has 8 nitrogen and oxygen atoms in total. The molecule has 3 N–H and O–H groups in total. The molecule has 338 valence electrons. The van der Waals surface area contributed by atoms with Crippen LogP contribution in [0, 0.1) is 0 Å². The Bertz CT molecular complexity index is 984. The molecule has 0 aromatic heterocycles. The van der Waals surface area contributed by atoms with Gasteiger partial charge in [0.1, 0.15) is 13.2 Å². The maximum atomic E-state index is 12.9. The van der Waals surface area contributed by atoms with Gasteiger partial charge in [0.05, 0.1) is 39.9 Å². The highest BCUT2D eigenvalue weighted by atomic mass is 31.2. The Morgan fingerprint density at radius 2 is 1.00 bits per heavy atom. The predicted octanol–water partition coefficient (Wildman–Crippen LogP) is 13.7. The molecule has 0 fully saturated rings. The van der Waals surface area contributed by atoms with Crippen LogP contribution in [0.3, 0.4) is 0 Å². The number of carbonyl (C=O) groups is 1. The van der Waals surface area contributed by atoms with Crippen molar-refractivity contribution in [1.82, 2.24) is 5.32 Å². The molecule has 57 heavy (non-hydrogen) atoms. The maximum Gasteiger partial charge on any atom is 0.472 e. The first-order chi connectivity index (χ1) is 27.5. The third kappa shape index (κ3) is 42.9. The minimum absolute atomic E-state index is 0.0737. The molecule has 3 unspecified atom stereocenters. The molecular formula is C48H96N2O6P+. The van der Waals surface area contributed by atoms with E-state index in [1.54, 1.807) is 0 Å². The van der Waals surface area contributed by atoms with E-state index in [0.29, 0.717) is 23.9 Å². The first kappa shape index (κ1) is 56.0. The number of aliphatic hydroxyl groups excluding tert-OH is 1. The van der Waals surface area contributed by atoms with Crippen molar-refractivity contribution in [3.63, 3.8) is 0 Å². The van der Waals surface area contributed by atoms with Crippen molar-refractivity contribution >= 4 is 13.7 Å². The molecule has 0 radical (unpaired) electrons. The van der Waals surface area contributed by atoms with E-state index in [9.17, 15) is 19.4 Å². The fourth-order valence-electron chi connectivity index (χ4n) is 7.08. The van der Waals surface area contributed by atoms with Crippen LogP contribution in [0.4, 0.5) is 0 Å². The summed E-state index contributed by atoms with van der Waals surface area (Å²) in [4.78, 5) is 23.2. The quantitative estimate of drug-likeness (QED) is 0.0244. The Hall–Kier alpha value is -1.02. The lowest BCUT2D eigenvalue weighted by molar-refractivity contribution is -0.870. The summed E-state index contributed by atoms with van der Waals surface area (Å²) in [6, 6.07) is -0.762. The van der Waals surface area contributed by atoms with Crippen LogP contribution < -0.4 is 5.32 Å². The summed E-state index contributed by atoms with van der Waals surface area (Å²) in [6.07, 6.45) is 47.7. The molecular weight excluding hydrogens is 732 g/mol. The molecule has 0 aromatic carbocycles. The summed E-state index contributed by atoms with van der Waals surface area (Å²) in [5, 5.41) is 14.0. The van der Waals surface area contributed by atoms with E-state index in [-0.39, 0.29) is 19.1 Å². The van der Waals surface area contributed by atoms with Crippen LogP contribution in [0.2, 0.25) is 0 Å². The SMILES string of the molecule is CCCCC/C=C\C/C=C\CCCCCCCCCC(=O)NC(COP(=O)(O)OCC[N+](C)(C)C)C(O)CCCCCCCCCCCCCCCCCCCC. The second-order valence-corrected chi connectivity index (χ2v) is 19.3. The van der Waals surface area contributed by atoms with Crippen LogP contribution in [0.15, 0.2) is 24.3 Å². The molecule has 0 aliphatic heterocycles. The zero-order chi connectivity index (χ0) is 42.1. The summed E-state index contributed by atoms with van der Waals surface area (Å²) in [5.74, 6) is -0.151. The minimum Gasteiger partial charge on any atom is -0.391 e. The van der Waals surface area contributed by atoms with Crippen molar-refractivity contribution in [2.75, 3.05) is 40.9 Å². The largest absolute Gasteiger partial charge is 0.472 e. The summed E-state index contributed by atoms with van der Waals surface area (Å²) in [6.45, 7) is 4.87. The first-order valence-electron chi connectivity index (χ1n) is 24.2. The molecule has 0 heterocycles. The topological polar surface area (TPSA) is 105 Å². The van der Waals surface area contributed by atoms with Crippen LogP contribution in [-0.4, -0.2) is 73.4 Å². The molecule has 0 spiro atoms. The van der Waals surface area contributed by atoms with Crippen LogP contribution in [0.1, 0.15) is 226 Å². The third-order valence-electron chi connectivity index (χ3n) is 11.0. The van der Waals surface area contributed by atoms with Crippen molar-refractivity contribution in [2.45, 2.75) is 238 Å². The number of hydrogen-bond donors (Lipinski definition) is 3. The lowest BCUT2D eigenvalue weighted by Gasteiger charge is -2.26. The Morgan fingerprint density at radius 3 is 1.47 bits per heavy atom. The molecule has 0 saturated carbocycles. The minimum atomic E-state index is -4.32. The van der Waals surface area contributed by atoms with E-state index in [1.165, 1.54) is 148 Å². The Morgan fingerprint density at radius 1 is 0.596 bits per heavy atom. The third-order valence-corrected chi connectivity index (χ3v) is 11.9. The number of hydrogen-bond acceptors (Lipinski definition) is 5. The maximum absolute atomic E-state index is 12.9. The fourth-order valence-corrected chi connectivity index (χ4v) is 7.81. The van der Waals surface area contributed by atoms with Gasteiger partial charge in [-0.15, -0.1) is 0 Å². The average molecular weight is 828 g/mol.